The number of hydrogen-bond donors (Lipinski definition) is 0. The normalized spacial score (nSPS) is 13.7. The Morgan fingerprint density at radius 2 is 1.78 bits per heavy atom. The zero-order valence-electron chi connectivity index (χ0n) is 10.2. The van der Waals surface area contributed by atoms with E-state index in [1.165, 1.54) is 22.4 Å². The molecule has 1 heterocycles. The van der Waals surface area contributed by atoms with Crippen LogP contribution in [0.2, 0.25) is 0 Å². The Kier molecular flexibility index (Phi) is 2.82. The fraction of sp³-hybridized carbons (Fsp3) is 0.250. The largest absolute Gasteiger partial charge is 0.261 e. The highest BCUT2D eigenvalue weighted by Crippen LogP contribution is 2.23. The van der Waals surface area contributed by atoms with Gasteiger partial charge in [0.1, 0.15) is 0 Å². The fourth-order valence-corrected chi connectivity index (χ4v) is 2.71. The summed E-state index contributed by atoms with van der Waals surface area (Å²) in [7, 11) is 0. The van der Waals surface area contributed by atoms with Crippen molar-refractivity contribution in [1.29, 1.82) is 5.26 Å². The summed E-state index contributed by atoms with van der Waals surface area (Å²) in [5.41, 5.74) is 5.91. The van der Waals surface area contributed by atoms with Crippen LogP contribution in [0.15, 0.2) is 36.5 Å². The highest BCUT2D eigenvalue weighted by molar-refractivity contribution is 5.44. The Hall–Kier alpha value is -2.14. The van der Waals surface area contributed by atoms with Gasteiger partial charge in [0.05, 0.1) is 11.6 Å². The summed E-state index contributed by atoms with van der Waals surface area (Å²) in [6, 6.07) is 12.5. The third-order valence-electron chi connectivity index (χ3n) is 3.65. The van der Waals surface area contributed by atoms with Gasteiger partial charge in [-0.25, -0.2) is 0 Å². The van der Waals surface area contributed by atoms with Crippen molar-refractivity contribution < 1.29 is 0 Å². The van der Waals surface area contributed by atoms with E-state index in [1.54, 1.807) is 0 Å². The number of aromatic nitrogens is 1. The number of fused-ring (bicyclic) bond motifs is 2. The van der Waals surface area contributed by atoms with Crippen LogP contribution in [0.4, 0.5) is 0 Å². The molecular formula is C16H14N2. The van der Waals surface area contributed by atoms with Gasteiger partial charge in [-0.2, -0.15) is 5.26 Å². The van der Waals surface area contributed by atoms with Gasteiger partial charge in [0.2, 0.25) is 0 Å². The molecule has 2 heteroatoms. The van der Waals surface area contributed by atoms with E-state index in [2.05, 4.69) is 23.2 Å². The molecule has 0 spiro atoms. The molecule has 2 nitrogen and oxygen atoms in total. The Labute approximate surface area is 107 Å². The Balaban J connectivity index is 2.02. The summed E-state index contributed by atoms with van der Waals surface area (Å²) < 4.78 is 0. The van der Waals surface area contributed by atoms with Crippen molar-refractivity contribution >= 4 is 0 Å². The average Bonchev–Trinajstić information content (AvgIpc) is 2.41. The molecule has 0 bridgehead atoms. The van der Waals surface area contributed by atoms with Crippen LogP contribution in [0.5, 0.6) is 0 Å². The quantitative estimate of drug-likeness (QED) is 0.702. The predicted molar refractivity (Wildman–Crippen MR) is 70.2 cm³/mol. The van der Waals surface area contributed by atoms with Crippen LogP contribution in [0.3, 0.4) is 0 Å². The topological polar surface area (TPSA) is 36.7 Å². The van der Waals surface area contributed by atoms with Crippen LogP contribution >= 0.6 is 0 Å². The van der Waals surface area contributed by atoms with E-state index in [1.807, 2.05) is 24.4 Å². The number of hydrogen-bond acceptors (Lipinski definition) is 2. The van der Waals surface area contributed by atoms with Gasteiger partial charge in [-0.1, -0.05) is 18.2 Å². The minimum absolute atomic E-state index is 0.826. The predicted octanol–water partition coefficient (Wildman–Crippen LogP) is 2.84. The Morgan fingerprint density at radius 3 is 2.67 bits per heavy atom. The van der Waals surface area contributed by atoms with Crippen LogP contribution < -0.4 is 0 Å². The van der Waals surface area contributed by atoms with Crippen molar-refractivity contribution in [3.63, 3.8) is 0 Å². The second-order valence-corrected chi connectivity index (χ2v) is 4.66. The maximum atomic E-state index is 9.19. The summed E-state index contributed by atoms with van der Waals surface area (Å²) in [6.07, 6.45) is 5.73. The summed E-state index contributed by atoms with van der Waals surface area (Å²) in [6.45, 7) is 0. The van der Waals surface area contributed by atoms with Crippen molar-refractivity contribution in [3.8, 4) is 6.07 Å². The van der Waals surface area contributed by atoms with E-state index in [4.69, 9.17) is 0 Å². The number of benzene rings is 1. The molecule has 0 amide bonds. The number of nitriles is 1. The Bertz CT molecular complexity index is 623. The fourth-order valence-electron chi connectivity index (χ4n) is 2.71. The van der Waals surface area contributed by atoms with Crippen LogP contribution in [-0.2, 0) is 25.7 Å². The van der Waals surface area contributed by atoms with E-state index in [0.29, 0.717) is 0 Å². The second kappa shape index (κ2) is 4.62. The molecule has 0 unspecified atom stereocenters. The lowest BCUT2D eigenvalue weighted by Crippen LogP contribution is -2.09. The number of rotatable bonds is 0. The molecule has 0 fully saturated rings. The van der Waals surface area contributed by atoms with E-state index >= 15 is 0 Å². The lowest BCUT2D eigenvalue weighted by atomic mass is 9.89. The SMILES string of the molecule is N#Cc1cccc2c1CCc1ncccc1CC2. The summed E-state index contributed by atoms with van der Waals surface area (Å²) >= 11 is 0. The van der Waals surface area contributed by atoms with Crippen LogP contribution in [0.25, 0.3) is 0 Å². The van der Waals surface area contributed by atoms with E-state index in [9.17, 15) is 5.26 Å². The van der Waals surface area contributed by atoms with Crippen molar-refractivity contribution in [2.24, 2.45) is 0 Å². The van der Waals surface area contributed by atoms with Crippen molar-refractivity contribution in [2.45, 2.75) is 25.7 Å². The van der Waals surface area contributed by atoms with E-state index < -0.39 is 0 Å². The van der Waals surface area contributed by atoms with Crippen molar-refractivity contribution in [2.75, 3.05) is 0 Å². The number of nitrogens with zero attached hydrogens (tertiary/aromatic N) is 2. The zero-order valence-corrected chi connectivity index (χ0v) is 10.2. The van der Waals surface area contributed by atoms with Crippen molar-refractivity contribution in [1.82, 2.24) is 4.98 Å². The molecule has 0 saturated carbocycles. The van der Waals surface area contributed by atoms with Gasteiger partial charge in [-0.3, -0.25) is 4.98 Å². The standard InChI is InChI=1S/C16H14N2/c17-11-14-4-1-3-12-6-7-13-5-2-10-18-16(13)9-8-15(12)14/h1-5,10H,6-9H2. The first-order chi connectivity index (χ1) is 8.88. The molecule has 88 valence electrons. The summed E-state index contributed by atoms with van der Waals surface area (Å²) in [5, 5.41) is 9.19. The summed E-state index contributed by atoms with van der Waals surface area (Å²) in [5.74, 6) is 0. The summed E-state index contributed by atoms with van der Waals surface area (Å²) in [4.78, 5) is 4.47. The molecule has 2 aromatic rings. The van der Waals surface area contributed by atoms with Crippen molar-refractivity contribution in [3.05, 3.63) is 64.5 Å². The third kappa shape index (κ3) is 1.89. The van der Waals surface area contributed by atoms with Gasteiger partial charge in [0.15, 0.2) is 0 Å². The third-order valence-corrected chi connectivity index (χ3v) is 3.65. The van der Waals surface area contributed by atoms with Gasteiger partial charge in [0.25, 0.3) is 0 Å². The first-order valence-corrected chi connectivity index (χ1v) is 6.32. The first-order valence-electron chi connectivity index (χ1n) is 6.32. The van der Waals surface area contributed by atoms with Gasteiger partial charge >= 0.3 is 0 Å². The number of pyridine rings is 1. The Morgan fingerprint density at radius 1 is 0.944 bits per heavy atom. The molecule has 0 radical (unpaired) electrons. The number of aryl methyl sites for hydroxylation is 3. The molecular weight excluding hydrogens is 220 g/mol. The lowest BCUT2D eigenvalue weighted by Gasteiger charge is -2.16. The molecule has 1 aliphatic rings. The van der Waals surface area contributed by atoms with Crippen LogP contribution in [0, 0.1) is 11.3 Å². The molecule has 0 aliphatic heterocycles. The molecule has 1 aliphatic carbocycles. The van der Waals surface area contributed by atoms with E-state index in [0.717, 1.165) is 31.2 Å². The molecule has 3 rings (SSSR count). The minimum atomic E-state index is 0.826. The lowest BCUT2D eigenvalue weighted by molar-refractivity contribution is 0.809. The molecule has 1 aromatic carbocycles. The van der Waals surface area contributed by atoms with Crippen LogP contribution in [0.1, 0.15) is 27.9 Å². The zero-order chi connectivity index (χ0) is 12.4. The molecule has 0 atom stereocenters. The van der Waals surface area contributed by atoms with Gasteiger partial charge in [-0.05, 0) is 54.5 Å². The maximum absolute atomic E-state index is 9.19. The molecule has 0 saturated heterocycles. The first kappa shape index (κ1) is 11.0. The van der Waals surface area contributed by atoms with Gasteiger partial charge in [-0.15, -0.1) is 0 Å². The molecule has 0 N–H and O–H groups in total. The van der Waals surface area contributed by atoms with E-state index in [-0.39, 0.29) is 0 Å². The van der Waals surface area contributed by atoms with Crippen LogP contribution in [-0.4, -0.2) is 4.98 Å². The molecule has 1 aromatic heterocycles. The highest BCUT2D eigenvalue weighted by atomic mass is 14.7. The maximum Gasteiger partial charge on any atom is 0.0994 e. The highest BCUT2D eigenvalue weighted by Gasteiger charge is 2.14. The minimum Gasteiger partial charge on any atom is -0.261 e. The smallest absolute Gasteiger partial charge is 0.0994 e. The average molecular weight is 234 g/mol. The van der Waals surface area contributed by atoms with Gasteiger partial charge in [0, 0.05) is 11.9 Å². The second-order valence-electron chi connectivity index (χ2n) is 4.66. The van der Waals surface area contributed by atoms with Gasteiger partial charge < -0.3 is 0 Å². The molecule has 18 heavy (non-hydrogen) atoms. The monoisotopic (exact) mass is 234 g/mol.